The molecule has 0 radical (unpaired) electrons. The van der Waals surface area contributed by atoms with Gasteiger partial charge < -0.3 is 19.3 Å². The van der Waals surface area contributed by atoms with Gasteiger partial charge in [0.25, 0.3) is 0 Å². The lowest BCUT2D eigenvalue weighted by atomic mass is 9.83. The number of esters is 1. The van der Waals surface area contributed by atoms with Crippen LogP contribution >= 0.6 is 0 Å². The number of cyclic esters (lactones) is 1. The van der Waals surface area contributed by atoms with Gasteiger partial charge in [0.15, 0.2) is 5.79 Å². The van der Waals surface area contributed by atoms with Gasteiger partial charge in [0.2, 0.25) is 0 Å². The fourth-order valence-corrected chi connectivity index (χ4v) is 3.73. The molecule has 3 aliphatic rings. The van der Waals surface area contributed by atoms with Crippen LogP contribution in [0.3, 0.4) is 0 Å². The molecule has 0 unspecified atom stereocenters. The Labute approximate surface area is 155 Å². The van der Waals surface area contributed by atoms with Gasteiger partial charge in [0, 0.05) is 11.8 Å². The molecular formula is C21H30O5. The molecule has 3 aliphatic heterocycles. The van der Waals surface area contributed by atoms with E-state index in [2.05, 4.69) is 13.2 Å². The fourth-order valence-electron chi connectivity index (χ4n) is 3.73. The molecule has 2 saturated heterocycles. The van der Waals surface area contributed by atoms with Gasteiger partial charge in [0.05, 0.1) is 12.2 Å². The molecule has 0 aromatic heterocycles. The van der Waals surface area contributed by atoms with Crippen LogP contribution in [0.25, 0.3) is 0 Å². The molecule has 0 aliphatic carbocycles. The summed E-state index contributed by atoms with van der Waals surface area (Å²) in [6, 6.07) is 0. The van der Waals surface area contributed by atoms with Gasteiger partial charge in [-0.05, 0) is 32.3 Å². The number of carbonyl (C=O) groups is 1. The normalized spacial score (nSPS) is 43.0. The van der Waals surface area contributed by atoms with Crippen molar-refractivity contribution in [3.05, 3.63) is 36.5 Å². The zero-order valence-electron chi connectivity index (χ0n) is 15.9. The van der Waals surface area contributed by atoms with Crippen LogP contribution < -0.4 is 0 Å². The van der Waals surface area contributed by atoms with Gasteiger partial charge in [-0.1, -0.05) is 44.2 Å². The molecule has 0 saturated carbocycles. The number of aliphatic hydroxyl groups is 1. The highest BCUT2D eigenvalue weighted by molar-refractivity contribution is 5.71. The maximum atomic E-state index is 12.6. The minimum atomic E-state index is -1.61. The van der Waals surface area contributed by atoms with Crippen molar-refractivity contribution in [1.82, 2.24) is 0 Å². The van der Waals surface area contributed by atoms with Crippen LogP contribution in [0.5, 0.6) is 0 Å². The highest BCUT2D eigenvalue weighted by Gasteiger charge is 2.53. The summed E-state index contributed by atoms with van der Waals surface area (Å²) in [7, 11) is 0. The van der Waals surface area contributed by atoms with E-state index in [1.165, 1.54) is 0 Å². The first-order valence-corrected chi connectivity index (χ1v) is 9.46. The first-order valence-electron chi connectivity index (χ1n) is 9.46. The lowest BCUT2D eigenvalue weighted by Crippen LogP contribution is -2.51. The second-order valence-corrected chi connectivity index (χ2v) is 8.00. The number of carbonyl (C=O) groups excluding carboxylic acids is 1. The van der Waals surface area contributed by atoms with Gasteiger partial charge >= 0.3 is 5.97 Å². The van der Waals surface area contributed by atoms with E-state index >= 15 is 0 Å². The molecule has 26 heavy (non-hydrogen) atoms. The zero-order valence-corrected chi connectivity index (χ0v) is 15.9. The van der Waals surface area contributed by atoms with Crippen LogP contribution in [0, 0.1) is 11.8 Å². The molecule has 0 aromatic rings. The van der Waals surface area contributed by atoms with Crippen LogP contribution in [0.4, 0.5) is 0 Å². The van der Waals surface area contributed by atoms with Crippen molar-refractivity contribution in [3.8, 4) is 0 Å². The molecule has 0 aromatic carbocycles. The van der Waals surface area contributed by atoms with E-state index < -0.39 is 17.9 Å². The van der Waals surface area contributed by atoms with Gasteiger partial charge in [-0.25, -0.2) is 0 Å². The standard InChI is InChI=1S/C21H30O5/c1-12(2)14(4)16-8-6-7-9-17-20(25-17)18-10-13(3)15(5)21(23,26-18)11-19(22)24-16/h6,8,14-18,20,23H,1,3,7,9-11H2,2,4-5H3/b8-6+/t14-,15-,16+,17+,18+,20-,21+/m1/s1. The highest BCUT2D eigenvalue weighted by atomic mass is 16.7. The summed E-state index contributed by atoms with van der Waals surface area (Å²) < 4.78 is 17.4. The van der Waals surface area contributed by atoms with Crippen molar-refractivity contribution in [3.63, 3.8) is 0 Å². The molecule has 3 rings (SSSR count). The quantitative estimate of drug-likeness (QED) is 0.464. The van der Waals surface area contributed by atoms with Crippen LogP contribution in [-0.2, 0) is 19.0 Å². The summed E-state index contributed by atoms with van der Waals surface area (Å²) in [6.07, 6.45) is 5.51. The molecule has 2 bridgehead atoms. The van der Waals surface area contributed by atoms with E-state index in [0.29, 0.717) is 6.42 Å². The Morgan fingerprint density at radius 2 is 2.15 bits per heavy atom. The van der Waals surface area contributed by atoms with Crippen molar-refractivity contribution >= 4 is 5.97 Å². The molecule has 5 nitrogen and oxygen atoms in total. The van der Waals surface area contributed by atoms with E-state index in [0.717, 1.165) is 24.0 Å². The predicted molar refractivity (Wildman–Crippen MR) is 98.3 cm³/mol. The Balaban J connectivity index is 1.84. The lowest BCUT2D eigenvalue weighted by molar-refractivity contribution is -0.271. The number of hydrogen-bond acceptors (Lipinski definition) is 5. The van der Waals surface area contributed by atoms with E-state index in [4.69, 9.17) is 14.2 Å². The average molecular weight is 362 g/mol. The molecular weight excluding hydrogens is 332 g/mol. The average Bonchev–Trinajstić information content (AvgIpc) is 3.33. The summed E-state index contributed by atoms with van der Waals surface area (Å²) in [5.41, 5.74) is 1.82. The minimum absolute atomic E-state index is 0.00712. The lowest BCUT2D eigenvalue weighted by Gasteiger charge is -2.42. The second-order valence-electron chi connectivity index (χ2n) is 8.00. The van der Waals surface area contributed by atoms with Gasteiger partial charge in [-0.2, -0.15) is 0 Å². The van der Waals surface area contributed by atoms with Crippen molar-refractivity contribution in [1.29, 1.82) is 0 Å². The van der Waals surface area contributed by atoms with E-state index in [9.17, 15) is 9.90 Å². The van der Waals surface area contributed by atoms with Crippen molar-refractivity contribution in [2.45, 2.75) is 76.7 Å². The second kappa shape index (κ2) is 7.29. The minimum Gasteiger partial charge on any atom is -0.457 e. The molecule has 0 spiro atoms. The Morgan fingerprint density at radius 1 is 1.42 bits per heavy atom. The first kappa shape index (κ1) is 19.3. The van der Waals surface area contributed by atoms with Crippen molar-refractivity contribution in [2.24, 2.45) is 11.8 Å². The maximum Gasteiger partial charge on any atom is 0.311 e. The number of fused-ring (bicyclic) bond motifs is 4. The van der Waals surface area contributed by atoms with Crippen LogP contribution in [-0.4, -0.2) is 41.3 Å². The van der Waals surface area contributed by atoms with E-state index in [1.54, 1.807) is 0 Å². The number of allylic oxidation sites excluding steroid dienone is 1. The van der Waals surface area contributed by atoms with Crippen LogP contribution in [0.1, 0.15) is 46.5 Å². The molecule has 5 heteroatoms. The Bertz CT molecular complexity index is 624. The Morgan fingerprint density at radius 3 is 2.85 bits per heavy atom. The number of ether oxygens (including phenoxy) is 3. The summed E-state index contributed by atoms with van der Waals surface area (Å²) in [6.45, 7) is 13.8. The number of epoxide rings is 1. The molecule has 7 atom stereocenters. The smallest absolute Gasteiger partial charge is 0.311 e. The third-order valence-electron chi connectivity index (χ3n) is 5.97. The maximum absolute atomic E-state index is 12.6. The van der Waals surface area contributed by atoms with Gasteiger partial charge in [-0.3, -0.25) is 4.79 Å². The summed E-state index contributed by atoms with van der Waals surface area (Å²) in [5.74, 6) is -2.45. The largest absolute Gasteiger partial charge is 0.457 e. The van der Waals surface area contributed by atoms with E-state index in [-0.39, 0.29) is 36.6 Å². The monoisotopic (exact) mass is 362 g/mol. The Kier molecular flexibility index (Phi) is 5.42. The summed E-state index contributed by atoms with van der Waals surface area (Å²) in [5, 5.41) is 11.1. The zero-order chi connectivity index (χ0) is 19.1. The van der Waals surface area contributed by atoms with Crippen LogP contribution in [0.2, 0.25) is 0 Å². The number of rotatable bonds is 2. The predicted octanol–water partition coefficient (Wildman–Crippen LogP) is 3.29. The molecule has 1 N–H and O–H groups in total. The van der Waals surface area contributed by atoms with Gasteiger partial charge in [-0.15, -0.1) is 0 Å². The molecule has 2 fully saturated rings. The number of hydrogen-bond donors (Lipinski definition) is 1. The third kappa shape index (κ3) is 3.95. The fraction of sp³-hybridized carbons (Fsp3) is 0.667. The summed E-state index contributed by atoms with van der Waals surface area (Å²) >= 11 is 0. The van der Waals surface area contributed by atoms with Crippen LogP contribution in [0.15, 0.2) is 36.5 Å². The molecule has 0 amide bonds. The van der Waals surface area contributed by atoms with Crippen molar-refractivity contribution in [2.75, 3.05) is 0 Å². The first-order chi connectivity index (χ1) is 12.2. The molecule has 144 valence electrons. The highest BCUT2D eigenvalue weighted by Crippen LogP contribution is 2.44. The van der Waals surface area contributed by atoms with Gasteiger partial charge in [0.1, 0.15) is 18.6 Å². The van der Waals surface area contributed by atoms with Crippen molar-refractivity contribution < 1.29 is 24.1 Å². The summed E-state index contributed by atoms with van der Waals surface area (Å²) in [4.78, 5) is 12.6. The Hall–Kier alpha value is -1.43. The molecule has 3 heterocycles. The topological polar surface area (TPSA) is 68.3 Å². The third-order valence-corrected chi connectivity index (χ3v) is 5.97. The van der Waals surface area contributed by atoms with E-state index in [1.807, 2.05) is 32.9 Å². The SMILES string of the molecule is C=C(C)[C@@H](C)[C@@H]1/C=C/CC[C@@H]2O[C@H]2[C@@H]2CC(=C)[C@@H](C)[C@](O)(CC(=O)O1)O2.